The number of hydrogen-bond donors (Lipinski definition) is 0. The highest BCUT2D eigenvalue weighted by molar-refractivity contribution is 7.55. The van der Waals surface area contributed by atoms with Gasteiger partial charge < -0.3 is 13.9 Å². The Hall–Kier alpha value is -1.72. The van der Waals surface area contributed by atoms with Crippen molar-refractivity contribution in [1.82, 2.24) is 4.90 Å². The van der Waals surface area contributed by atoms with E-state index in [0.29, 0.717) is 6.54 Å². The van der Waals surface area contributed by atoms with Gasteiger partial charge in [0, 0.05) is 6.54 Å². The minimum absolute atomic E-state index is 0.0602. The Bertz CT molecular complexity index is 960. The molecule has 0 radical (unpaired) electrons. The molecular weight excluding hydrogens is 426 g/mol. The number of rotatable bonds is 8. The van der Waals surface area contributed by atoms with E-state index in [0.717, 1.165) is 11.1 Å². The average Bonchev–Trinajstić information content (AvgIpc) is 2.97. The summed E-state index contributed by atoms with van der Waals surface area (Å²) in [6.07, 6.45) is 1.68. The average molecular weight is 453 g/mol. The zero-order valence-corrected chi connectivity index (χ0v) is 19.3. The maximum atomic E-state index is 14.2. The van der Waals surface area contributed by atoms with Crippen molar-refractivity contribution in [2.75, 3.05) is 13.2 Å². The molecule has 0 N–H and O–H groups in total. The van der Waals surface area contributed by atoms with Crippen LogP contribution in [-0.4, -0.2) is 30.0 Å². The molecule has 0 saturated heterocycles. The maximum Gasteiger partial charge on any atom is 0.364 e. The standard InChI is InChI=1S/C22H27ClFN2O3P/c1-5-28-30(27,29-6-2)22(18-10-8-7-9-11-18)21(3,4)26(16-25-22)15-17-12-13-20(24)19(23)14-17/h7-14,16H,5-6,15H2,1-4H3. The van der Waals surface area contributed by atoms with Crippen LogP contribution in [0.2, 0.25) is 5.02 Å². The fourth-order valence-electron chi connectivity index (χ4n) is 3.96. The summed E-state index contributed by atoms with van der Waals surface area (Å²) in [7, 11) is -3.73. The number of nitrogens with zero attached hydrogens (tertiary/aromatic N) is 2. The first-order valence-corrected chi connectivity index (χ1v) is 11.8. The summed E-state index contributed by atoms with van der Waals surface area (Å²) in [5, 5.41) is -1.21. The van der Waals surface area contributed by atoms with Gasteiger partial charge in [-0.3, -0.25) is 4.57 Å². The molecule has 0 saturated carbocycles. The van der Waals surface area contributed by atoms with E-state index >= 15 is 0 Å². The normalized spacial score (nSPS) is 20.7. The monoisotopic (exact) mass is 452 g/mol. The van der Waals surface area contributed by atoms with Crippen LogP contribution < -0.4 is 0 Å². The van der Waals surface area contributed by atoms with Gasteiger partial charge in [0.1, 0.15) is 5.82 Å². The predicted octanol–water partition coefficient (Wildman–Crippen LogP) is 6.22. The van der Waals surface area contributed by atoms with Crippen LogP contribution in [0.4, 0.5) is 4.39 Å². The number of aliphatic imine (C=N–C) groups is 1. The molecule has 0 bridgehead atoms. The zero-order chi connectivity index (χ0) is 22.0. The molecule has 30 heavy (non-hydrogen) atoms. The van der Waals surface area contributed by atoms with Gasteiger partial charge in [-0.15, -0.1) is 0 Å². The van der Waals surface area contributed by atoms with E-state index in [4.69, 9.17) is 25.6 Å². The first kappa shape index (κ1) is 23.0. The topological polar surface area (TPSA) is 51.1 Å². The zero-order valence-electron chi connectivity index (χ0n) is 17.6. The van der Waals surface area contributed by atoms with Crippen LogP contribution in [0.5, 0.6) is 0 Å². The van der Waals surface area contributed by atoms with E-state index in [9.17, 15) is 8.96 Å². The van der Waals surface area contributed by atoms with Crippen LogP contribution in [0.15, 0.2) is 53.5 Å². The molecule has 5 nitrogen and oxygen atoms in total. The minimum atomic E-state index is -3.73. The number of halogens is 2. The third-order valence-corrected chi connectivity index (χ3v) is 8.66. The minimum Gasteiger partial charge on any atom is -0.350 e. The van der Waals surface area contributed by atoms with Crippen LogP contribution >= 0.6 is 19.2 Å². The van der Waals surface area contributed by atoms with Gasteiger partial charge in [-0.1, -0.05) is 48.0 Å². The number of hydrogen-bond acceptors (Lipinski definition) is 5. The summed E-state index contributed by atoms with van der Waals surface area (Å²) in [5.74, 6) is -0.467. The van der Waals surface area contributed by atoms with Crippen LogP contribution in [0.25, 0.3) is 0 Å². The highest BCUT2D eigenvalue weighted by Gasteiger charge is 2.65. The van der Waals surface area contributed by atoms with Crippen molar-refractivity contribution >= 4 is 25.5 Å². The Morgan fingerprint density at radius 1 is 1.10 bits per heavy atom. The second-order valence-electron chi connectivity index (χ2n) is 7.55. The predicted molar refractivity (Wildman–Crippen MR) is 119 cm³/mol. The molecule has 1 aliphatic rings. The molecule has 1 heterocycles. The Kier molecular flexibility index (Phi) is 6.73. The van der Waals surface area contributed by atoms with Crippen LogP contribution in [-0.2, 0) is 25.4 Å². The first-order valence-electron chi connectivity index (χ1n) is 9.92. The van der Waals surface area contributed by atoms with Crippen molar-refractivity contribution in [1.29, 1.82) is 0 Å². The highest BCUT2D eigenvalue weighted by atomic mass is 35.5. The molecule has 162 valence electrons. The van der Waals surface area contributed by atoms with Gasteiger partial charge >= 0.3 is 7.60 Å². The molecule has 0 fully saturated rings. The van der Waals surface area contributed by atoms with Gasteiger partial charge in [0.05, 0.1) is 30.1 Å². The van der Waals surface area contributed by atoms with E-state index in [-0.39, 0.29) is 18.2 Å². The van der Waals surface area contributed by atoms with E-state index < -0.39 is 24.2 Å². The van der Waals surface area contributed by atoms with Crippen molar-refractivity contribution in [2.45, 2.75) is 45.1 Å². The highest BCUT2D eigenvalue weighted by Crippen LogP contribution is 2.71. The van der Waals surface area contributed by atoms with E-state index in [2.05, 4.69) is 0 Å². The molecule has 0 aliphatic carbocycles. The Morgan fingerprint density at radius 3 is 2.30 bits per heavy atom. The lowest BCUT2D eigenvalue weighted by Crippen LogP contribution is -2.52. The molecule has 1 unspecified atom stereocenters. The third-order valence-electron chi connectivity index (χ3n) is 5.46. The smallest absolute Gasteiger partial charge is 0.350 e. The Labute approximate surface area is 182 Å². The lowest BCUT2D eigenvalue weighted by atomic mass is 9.87. The fraction of sp³-hybridized carbons (Fsp3) is 0.409. The van der Waals surface area contributed by atoms with Gasteiger partial charge in [-0.05, 0) is 51.0 Å². The van der Waals surface area contributed by atoms with Gasteiger partial charge in [-0.2, -0.15) is 0 Å². The van der Waals surface area contributed by atoms with Crippen LogP contribution in [0.3, 0.4) is 0 Å². The van der Waals surface area contributed by atoms with E-state index in [1.165, 1.54) is 6.07 Å². The summed E-state index contributed by atoms with van der Waals surface area (Å²) in [5.41, 5.74) is 0.776. The molecule has 0 spiro atoms. The Balaban J connectivity index is 2.11. The lowest BCUT2D eigenvalue weighted by Gasteiger charge is -2.46. The van der Waals surface area contributed by atoms with Crippen LogP contribution in [0, 0.1) is 5.82 Å². The molecule has 2 aromatic rings. The first-order chi connectivity index (χ1) is 14.2. The van der Waals surface area contributed by atoms with Gasteiger partial charge in [0.25, 0.3) is 0 Å². The molecule has 0 aromatic heterocycles. The van der Waals surface area contributed by atoms with Crippen molar-refractivity contribution in [3.05, 3.63) is 70.5 Å². The second-order valence-corrected chi connectivity index (χ2v) is 10.1. The molecule has 2 aromatic carbocycles. The molecule has 1 atom stereocenters. The number of benzene rings is 2. The summed E-state index contributed by atoms with van der Waals surface area (Å²) < 4.78 is 39.4. The van der Waals surface area contributed by atoms with Crippen molar-refractivity contribution in [3.8, 4) is 0 Å². The molecular formula is C22H27ClFN2O3P. The SMILES string of the molecule is CCOP(=O)(OCC)C1(c2ccccc2)N=CN(Cc2ccc(F)c(Cl)c2)C1(C)C. The molecule has 0 amide bonds. The van der Waals surface area contributed by atoms with Crippen molar-refractivity contribution < 1.29 is 18.0 Å². The van der Waals surface area contributed by atoms with Gasteiger partial charge in [0.2, 0.25) is 5.28 Å². The van der Waals surface area contributed by atoms with E-state index in [1.807, 2.05) is 49.1 Å². The van der Waals surface area contributed by atoms with Crippen LogP contribution in [0.1, 0.15) is 38.8 Å². The fourth-order valence-corrected chi connectivity index (χ4v) is 6.74. The molecule has 3 rings (SSSR count). The van der Waals surface area contributed by atoms with E-state index in [1.54, 1.807) is 32.3 Å². The maximum absolute atomic E-state index is 14.2. The summed E-state index contributed by atoms with van der Waals surface area (Å²) in [6, 6.07) is 14.1. The summed E-state index contributed by atoms with van der Waals surface area (Å²) >= 11 is 5.97. The molecule has 1 aliphatic heterocycles. The summed E-state index contributed by atoms with van der Waals surface area (Å²) in [6.45, 7) is 8.35. The van der Waals surface area contributed by atoms with Gasteiger partial charge in [-0.25, -0.2) is 9.38 Å². The third kappa shape index (κ3) is 3.71. The molecule has 8 heteroatoms. The van der Waals surface area contributed by atoms with Gasteiger partial charge in [0.15, 0.2) is 0 Å². The quantitative estimate of drug-likeness (QED) is 0.446. The second kappa shape index (κ2) is 8.80. The largest absolute Gasteiger partial charge is 0.364 e. The van der Waals surface area contributed by atoms with Crippen molar-refractivity contribution in [2.24, 2.45) is 4.99 Å². The van der Waals surface area contributed by atoms with Crippen molar-refractivity contribution in [3.63, 3.8) is 0 Å². The summed E-state index contributed by atoms with van der Waals surface area (Å²) in [4.78, 5) is 6.76. The Morgan fingerprint density at radius 2 is 1.73 bits per heavy atom. The lowest BCUT2D eigenvalue weighted by molar-refractivity contribution is 0.128.